The molecule has 4 rings (SSSR count). The van der Waals surface area contributed by atoms with Crippen LogP contribution >= 0.6 is 11.3 Å². The third-order valence-electron chi connectivity index (χ3n) is 3.20. The van der Waals surface area contributed by atoms with Crippen molar-refractivity contribution in [3.05, 3.63) is 51.1 Å². The van der Waals surface area contributed by atoms with Gasteiger partial charge in [0.25, 0.3) is 0 Å². The molecule has 0 aliphatic carbocycles. The van der Waals surface area contributed by atoms with Gasteiger partial charge in [0.2, 0.25) is 0 Å². The number of aromatic nitrogens is 4. The number of hydrogen-bond acceptors (Lipinski definition) is 4. The minimum absolute atomic E-state index is 0.274. The first-order chi connectivity index (χ1) is 9.72. The molecule has 0 amide bonds. The first-order valence-corrected chi connectivity index (χ1v) is 7.04. The number of aryl methyl sites for hydroxylation is 1. The predicted molar refractivity (Wildman–Crippen MR) is 79.2 cm³/mol. The molecule has 4 aromatic rings. The van der Waals surface area contributed by atoms with E-state index in [1.807, 2.05) is 42.6 Å². The van der Waals surface area contributed by atoms with Crippen LogP contribution in [0.25, 0.3) is 27.9 Å². The second-order valence-electron chi connectivity index (χ2n) is 4.59. The molecular formula is C14H10N4OS. The van der Waals surface area contributed by atoms with E-state index in [-0.39, 0.29) is 5.69 Å². The summed E-state index contributed by atoms with van der Waals surface area (Å²) in [6.07, 6.45) is 0. The second kappa shape index (κ2) is 4.01. The summed E-state index contributed by atoms with van der Waals surface area (Å²) < 4.78 is 1.32. The van der Waals surface area contributed by atoms with Gasteiger partial charge >= 0.3 is 5.69 Å². The molecule has 0 spiro atoms. The van der Waals surface area contributed by atoms with Crippen LogP contribution < -0.4 is 5.69 Å². The van der Waals surface area contributed by atoms with Crippen LogP contribution in [0.15, 0.2) is 40.5 Å². The van der Waals surface area contributed by atoms with Gasteiger partial charge in [-0.2, -0.15) is 4.52 Å². The van der Waals surface area contributed by atoms with Crippen LogP contribution in [-0.4, -0.2) is 19.6 Å². The number of fused-ring (bicyclic) bond motifs is 3. The van der Waals surface area contributed by atoms with Gasteiger partial charge in [-0.15, -0.1) is 16.4 Å². The number of nitrogens with zero attached hydrogens (tertiary/aromatic N) is 3. The molecule has 5 nitrogen and oxygen atoms in total. The molecule has 0 atom stereocenters. The Morgan fingerprint density at radius 2 is 2.15 bits per heavy atom. The lowest BCUT2D eigenvalue weighted by atomic mass is 10.2. The van der Waals surface area contributed by atoms with E-state index in [1.165, 1.54) is 9.39 Å². The van der Waals surface area contributed by atoms with Crippen LogP contribution in [0.2, 0.25) is 0 Å². The third-order valence-corrected chi connectivity index (χ3v) is 4.06. The van der Waals surface area contributed by atoms with Crippen molar-refractivity contribution in [1.29, 1.82) is 0 Å². The Balaban J connectivity index is 2.10. The maximum absolute atomic E-state index is 12.1. The van der Waals surface area contributed by atoms with Gasteiger partial charge in [-0.1, -0.05) is 12.1 Å². The molecule has 0 unspecified atom stereocenters. The van der Waals surface area contributed by atoms with E-state index in [1.54, 1.807) is 11.3 Å². The van der Waals surface area contributed by atoms with E-state index in [9.17, 15) is 4.79 Å². The molecular weight excluding hydrogens is 272 g/mol. The first kappa shape index (κ1) is 11.4. The highest BCUT2D eigenvalue weighted by atomic mass is 32.1. The van der Waals surface area contributed by atoms with Crippen LogP contribution in [0, 0.1) is 6.92 Å². The number of hydrogen-bond donors (Lipinski definition) is 1. The summed E-state index contributed by atoms with van der Waals surface area (Å²) in [6, 6.07) is 9.62. The molecule has 1 N–H and O–H groups in total. The standard InChI is InChI=1S/C14H10N4OS/c1-8-6-9(7-20-8)12-16-13-10-4-2-3-5-11(10)15-14(19)18(13)17-12/h2-7H,1H3,(H,15,19). The van der Waals surface area contributed by atoms with Gasteiger partial charge in [0.05, 0.1) is 5.52 Å². The summed E-state index contributed by atoms with van der Waals surface area (Å²) in [6.45, 7) is 2.03. The van der Waals surface area contributed by atoms with Crippen LogP contribution in [-0.2, 0) is 0 Å². The molecule has 6 heteroatoms. The molecule has 0 aliphatic rings. The third kappa shape index (κ3) is 1.58. The lowest BCUT2D eigenvalue weighted by Crippen LogP contribution is -2.17. The summed E-state index contributed by atoms with van der Waals surface area (Å²) in [7, 11) is 0. The van der Waals surface area contributed by atoms with Crippen molar-refractivity contribution in [3.63, 3.8) is 0 Å². The van der Waals surface area contributed by atoms with Crippen molar-refractivity contribution in [2.75, 3.05) is 0 Å². The molecule has 0 saturated carbocycles. The van der Waals surface area contributed by atoms with E-state index in [0.29, 0.717) is 11.5 Å². The normalized spacial score (nSPS) is 11.4. The van der Waals surface area contributed by atoms with Crippen LogP contribution in [0.5, 0.6) is 0 Å². The van der Waals surface area contributed by atoms with Gasteiger partial charge in [0.15, 0.2) is 11.5 Å². The summed E-state index contributed by atoms with van der Waals surface area (Å²) >= 11 is 1.64. The van der Waals surface area contributed by atoms with E-state index in [4.69, 9.17) is 0 Å². The zero-order valence-corrected chi connectivity index (χ0v) is 11.4. The maximum atomic E-state index is 12.1. The van der Waals surface area contributed by atoms with E-state index in [0.717, 1.165) is 16.5 Å². The minimum Gasteiger partial charge on any atom is -0.305 e. The van der Waals surface area contributed by atoms with Crippen molar-refractivity contribution in [2.45, 2.75) is 6.92 Å². The average Bonchev–Trinajstić information content (AvgIpc) is 3.05. The van der Waals surface area contributed by atoms with Gasteiger partial charge in [-0.05, 0) is 25.1 Å². The number of aromatic amines is 1. The Hall–Kier alpha value is -2.47. The highest BCUT2D eigenvalue weighted by Crippen LogP contribution is 2.24. The van der Waals surface area contributed by atoms with Gasteiger partial charge in [0, 0.05) is 21.2 Å². The maximum Gasteiger partial charge on any atom is 0.348 e. The number of nitrogens with one attached hydrogen (secondary N) is 1. The van der Waals surface area contributed by atoms with Gasteiger partial charge in [-0.25, -0.2) is 9.78 Å². The highest BCUT2D eigenvalue weighted by Gasteiger charge is 2.12. The molecule has 3 aromatic heterocycles. The number of H-pyrrole nitrogens is 1. The summed E-state index contributed by atoms with van der Waals surface area (Å²) in [4.78, 5) is 20.6. The Bertz CT molecular complexity index is 995. The lowest BCUT2D eigenvalue weighted by Gasteiger charge is -1.97. The Morgan fingerprint density at radius 1 is 1.30 bits per heavy atom. The summed E-state index contributed by atoms with van der Waals surface area (Å²) in [5, 5.41) is 7.20. The predicted octanol–water partition coefficient (Wildman–Crippen LogP) is 2.61. The molecule has 0 radical (unpaired) electrons. The lowest BCUT2D eigenvalue weighted by molar-refractivity contribution is 0.885. The second-order valence-corrected chi connectivity index (χ2v) is 5.71. The molecule has 0 saturated heterocycles. The molecule has 0 fully saturated rings. The zero-order valence-electron chi connectivity index (χ0n) is 10.6. The quantitative estimate of drug-likeness (QED) is 0.583. The fourth-order valence-corrected chi connectivity index (χ4v) is 2.95. The molecule has 3 heterocycles. The minimum atomic E-state index is -0.274. The monoisotopic (exact) mass is 282 g/mol. The smallest absolute Gasteiger partial charge is 0.305 e. The zero-order chi connectivity index (χ0) is 13.7. The Kier molecular flexibility index (Phi) is 2.28. The number of rotatable bonds is 1. The summed E-state index contributed by atoms with van der Waals surface area (Å²) in [5.41, 5.74) is 2.03. The van der Waals surface area contributed by atoms with Crippen molar-refractivity contribution in [3.8, 4) is 11.4 Å². The first-order valence-electron chi connectivity index (χ1n) is 6.16. The van der Waals surface area contributed by atoms with Gasteiger partial charge < -0.3 is 4.98 Å². The van der Waals surface area contributed by atoms with Gasteiger partial charge in [0.1, 0.15) is 0 Å². The van der Waals surface area contributed by atoms with Crippen molar-refractivity contribution < 1.29 is 0 Å². The van der Waals surface area contributed by atoms with Crippen LogP contribution in [0.3, 0.4) is 0 Å². The Morgan fingerprint density at radius 3 is 2.95 bits per heavy atom. The average molecular weight is 282 g/mol. The molecule has 20 heavy (non-hydrogen) atoms. The van der Waals surface area contributed by atoms with E-state index in [2.05, 4.69) is 15.1 Å². The number of para-hydroxylation sites is 1. The van der Waals surface area contributed by atoms with Crippen molar-refractivity contribution in [2.24, 2.45) is 0 Å². The molecule has 0 bridgehead atoms. The Labute approximate surface area is 117 Å². The topological polar surface area (TPSA) is 63.0 Å². The van der Waals surface area contributed by atoms with Crippen molar-refractivity contribution in [1.82, 2.24) is 19.6 Å². The fraction of sp³-hybridized carbons (Fsp3) is 0.0714. The van der Waals surface area contributed by atoms with Crippen molar-refractivity contribution >= 4 is 27.9 Å². The molecule has 98 valence electrons. The van der Waals surface area contributed by atoms with Crippen LogP contribution in [0.4, 0.5) is 0 Å². The fourth-order valence-electron chi connectivity index (χ4n) is 2.27. The van der Waals surface area contributed by atoms with Crippen LogP contribution in [0.1, 0.15) is 4.88 Å². The largest absolute Gasteiger partial charge is 0.348 e. The van der Waals surface area contributed by atoms with E-state index >= 15 is 0 Å². The van der Waals surface area contributed by atoms with E-state index < -0.39 is 0 Å². The molecule has 0 aliphatic heterocycles. The number of benzene rings is 1. The molecule has 1 aromatic carbocycles. The highest BCUT2D eigenvalue weighted by molar-refractivity contribution is 7.10. The summed E-state index contributed by atoms with van der Waals surface area (Å²) in [5.74, 6) is 0.580. The van der Waals surface area contributed by atoms with Gasteiger partial charge in [-0.3, -0.25) is 0 Å². The number of thiophene rings is 1. The SMILES string of the molecule is Cc1cc(-c2nc3c4ccccc4[nH]c(=O)n3n2)cs1.